The van der Waals surface area contributed by atoms with Crippen molar-refractivity contribution in [2.75, 3.05) is 0 Å². The van der Waals surface area contributed by atoms with Gasteiger partial charge in [-0.3, -0.25) is 9.59 Å². The zero-order valence-corrected chi connectivity index (χ0v) is 13.3. The maximum absolute atomic E-state index is 12.2. The van der Waals surface area contributed by atoms with Crippen LogP contribution in [0.1, 0.15) is 58.3 Å². The highest BCUT2D eigenvalue weighted by atomic mass is 16.5. The minimum Gasteiger partial charge on any atom is -0.462 e. The Labute approximate surface area is 131 Å². The van der Waals surface area contributed by atoms with Crippen molar-refractivity contribution < 1.29 is 19.4 Å². The molecule has 2 fully saturated rings. The Kier molecular flexibility index (Phi) is 4.67. The van der Waals surface area contributed by atoms with E-state index >= 15 is 0 Å². The summed E-state index contributed by atoms with van der Waals surface area (Å²) >= 11 is 0. The minimum atomic E-state index is -0.568. The van der Waals surface area contributed by atoms with Crippen molar-refractivity contribution in [1.29, 1.82) is 0 Å². The van der Waals surface area contributed by atoms with E-state index in [0.29, 0.717) is 18.3 Å². The molecule has 122 valence electrons. The Morgan fingerprint density at radius 1 is 1.27 bits per heavy atom. The molecule has 0 aromatic rings. The second kappa shape index (κ2) is 6.53. The molecule has 0 bridgehead atoms. The largest absolute Gasteiger partial charge is 0.462 e. The van der Waals surface area contributed by atoms with Crippen molar-refractivity contribution in [1.82, 2.24) is 0 Å². The molecule has 1 saturated heterocycles. The number of hydrogen-bond donors (Lipinski definition) is 1. The van der Waals surface area contributed by atoms with Gasteiger partial charge in [0.25, 0.3) is 0 Å². The number of esters is 1. The average Bonchev–Trinajstić information content (AvgIpc) is 2.47. The minimum absolute atomic E-state index is 0.0658. The number of aliphatic hydroxyl groups is 1. The first kappa shape index (κ1) is 15.7. The number of hydrogen-bond acceptors (Lipinski definition) is 4. The van der Waals surface area contributed by atoms with Crippen LogP contribution in [0.15, 0.2) is 11.6 Å². The molecule has 4 nitrogen and oxygen atoms in total. The number of aliphatic hydroxyl groups excluding tert-OH is 1. The van der Waals surface area contributed by atoms with Crippen LogP contribution in [0.25, 0.3) is 0 Å². The van der Waals surface area contributed by atoms with E-state index in [-0.39, 0.29) is 30.2 Å². The first-order valence-electron chi connectivity index (χ1n) is 8.66. The van der Waals surface area contributed by atoms with Gasteiger partial charge in [0.15, 0.2) is 5.78 Å². The monoisotopic (exact) mass is 306 g/mol. The average molecular weight is 306 g/mol. The summed E-state index contributed by atoms with van der Waals surface area (Å²) in [5.41, 5.74) is 1.35. The van der Waals surface area contributed by atoms with Crippen molar-refractivity contribution in [3.63, 3.8) is 0 Å². The van der Waals surface area contributed by atoms with E-state index in [1.54, 1.807) is 0 Å². The lowest BCUT2D eigenvalue weighted by Gasteiger charge is -2.39. The third-order valence-electron chi connectivity index (χ3n) is 5.70. The van der Waals surface area contributed by atoms with Crippen molar-refractivity contribution >= 4 is 11.8 Å². The second-order valence-electron chi connectivity index (χ2n) is 7.21. The number of ketones is 1. The molecule has 0 spiro atoms. The summed E-state index contributed by atoms with van der Waals surface area (Å²) in [5, 5.41) is 9.70. The number of carbonyl (C=O) groups excluding carboxylic acids is 2. The lowest BCUT2D eigenvalue weighted by molar-refractivity contribution is -0.160. The van der Waals surface area contributed by atoms with Crippen molar-refractivity contribution in [3.05, 3.63) is 11.6 Å². The highest BCUT2D eigenvalue weighted by Gasteiger charge is 2.38. The van der Waals surface area contributed by atoms with Gasteiger partial charge in [0.1, 0.15) is 6.10 Å². The van der Waals surface area contributed by atoms with Gasteiger partial charge in [-0.05, 0) is 50.0 Å². The Hall–Kier alpha value is -1.16. The van der Waals surface area contributed by atoms with E-state index in [1.165, 1.54) is 24.8 Å². The van der Waals surface area contributed by atoms with Gasteiger partial charge in [-0.1, -0.05) is 18.9 Å². The lowest BCUT2D eigenvalue weighted by Crippen LogP contribution is -2.37. The fraction of sp³-hybridized carbons (Fsp3) is 0.778. The first-order valence-corrected chi connectivity index (χ1v) is 8.66. The summed E-state index contributed by atoms with van der Waals surface area (Å²) in [6.07, 6.45) is 8.15. The van der Waals surface area contributed by atoms with Gasteiger partial charge in [-0.2, -0.15) is 0 Å². The molecule has 1 aliphatic heterocycles. The second-order valence-corrected chi connectivity index (χ2v) is 7.21. The molecule has 22 heavy (non-hydrogen) atoms. The van der Waals surface area contributed by atoms with E-state index in [1.807, 2.05) is 13.0 Å². The topological polar surface area (TPSA) is 63.6 Å². The van der Waals surface area contributed by atoms with Gasteiger partial charge >= 0.3 is 5.97 Å². The van der Waals surface area contributed by atoms with E-state index < -0.39 is 6.10 Å². The maximum atomic E-state index is 12.2. The number of allylic oxidation sites excluding steroid dienone is 2. The van der Waals surface area contributed by atoms with Gasteiger partial charge in [-0.15, -0.1) is 0 Å². The molecule has 0 unspecified atom stereocenters. The van der Waals surface area contributed by atoms with Crippen LogP contribution in [0.2, 0.25) is 0 Å². The summed E-state index contributed by atoms with van der Waals surface area (Å²) in [6, 6.07) is 0. The van der Waals surface area contributed by atoms with Gasteiger partial charge in [0.05, 0.1) is 12.5 Å². The van der Waals surface area contributed by atoms with E-state index in [4.69, 9.17) is 4.74 Å². The molecule has 3 aliphatic rings. The van der Waals surface area contributed by atoms with Crippen LogP contribution in [0.4, 0.5) is 0 Å². The number of rotatable bonds is 3. The van der Waals surface area contributed by atoms with Crippen LogP contribution < -0.4 is 0 Å². The van der Waals surface area contributed by atoms with Gasteiger partial charge in [0.2, 0.25) is 0 Å². The Balaban J connectivity index is 1.64. The number of carbonyl (C=O) groups is 2. The number of ether oxygens (including phenoxy) is 1. The molecule has 0 radical (unpaired) electrons. The highest BCUT2D eigenvalue weighted by molar-refractivity contribution is 5.93. The molecule has 3 rings (SSSR count). The predicted octanol–water partition coefficient (Wildman–Crippen LogP) is 2.78. The molecule has 1 saturated carbocycles. The third kappa shape index (κ3) is 3.27. The molecule has 0 amide bonds. The van der Waals surface area contributed by atoms with Crippen LogP contribution in [0.5, 0.6) is 0 Å². The van der Waals surface area contributed by atoms with Gasteiger partial charge in [-0.25, -0.2) is 0 Å². The third-order valence-corrected chi connectivity index (χ3v) is 5.70. The van der Waals surface area contributed by atoms with Crippen LogP contribution >= 0.6 is 0 Å². The maximum Gasteiger partial charge on any atom is 0.308 e. The van der Waals surface area contributed by atoms with Crippen LogP contribution in [-0.4, -0.2) is 29.1 Å². The molecule has 1 N–H and O–H groups in total. The van der Waals surface area contributed by atoms with Crippen LogP contribution in [0.3, 0.4) is 0 Å². The summed E-state index contributed by atoms with van der Waals surface area (Å²) < 4.78 is 5.35. The standard InChI is InChI=1S/C18H26O4/c1-11-15(7-6-14-9-13(19)10-18(21)22-14)16-5-3-2-4-12(16)8-17(11)20/h8,11,13-16,19H,2-7,9-10H2,1H3/t11-,13-,14-,15+,16+/m1/s1. The molecule has 0 aromatic carbocycles. The van der Waals surface area contributed by atoms with Crippen molar-refractivity contribution in [2.45, 2.75) is 70.5 Å². The molecule has 2 aliphatic carbocycles. The Morgan fingerprint density at radius 2 is 2.09 bits per heavy atom. The Bertz CT molecular complexity index is 481. The molecule has 4 heteroatoms. The SMILES string of the molecule is C[C@H]1C(=O)C=C2CCCC[C@@H]2[C@H]1CC[C@@H]1C[C@@H](O)CC(=O)O1. The molecule has 5 atom stereocenters. The van der Waals surface area contributed by atoms with Crippen LogP contribution in [-0.2, 0) is 14.3 Å². The fourth-order valence-corrected chi connectivity index (χ4v) is 4.47. The van der Waals surface area contributed by atoms with E-state index in [2.05, 4.69) is 0 Å². The molecule has 0 aromatic heterocycles. The van der Waals surface area contributed by atoms with E-state index in [9.17, 15) is 14.7 Å². The summed E-state index contributed by atoms with van der Waals surface area (Å²) in [7, 11) is 0. The first-order chi connectivity index (χ1) is 10.5. The highest BCUT2D eigenvalue weighted by Crippen LogP contribution is 2.44. The van der Waals surface area contributed by atoms with Crippen molar-refractivity contribution in [3.8, 4) is 0 Å². The van der Waals surface area contributed by atoms with Gasteiger partial charge in [0, 0.05) is 12.3 Å². The van der Waals surface area contributed by atoms with Crippen LogP contribution in [0, 0.1) is 17.8 Å². The zero-order chi connectivity index (χ0) is 15.7. The van der Waals surface area contributed by atoms with Gasteiger partial charge < -0.3 is 9.84 Å². The lowest BCUT2D eigenvalue weighted by atomic mass is 9.65. The number of fused-ring (bicyclic) bond motifs is 1. The molecular formula is C18H26O4. The zero-order valence-electron chi connectivity index (χ0n) is 13.3. The predicted molar refractivity (Wildman–Crippen MR) is 82.1 cm³/mol. The molecular weight excluding hydrogens is 280 g/mol. The Morgan fingerprint density at radius 3 is 2.86 bits per heavy atom. The van der Waals surface area contributed by atoms with Crippen molar-refractivity contribution in [2.24, 2.45) is 17.8 Å². The smallest absolute Gasteiger partial charge is 0.308 e. The molecule has 1 heterocycles. The summed E-state index contributed by atoms with van der Waals surface area (Å²) in [5.74, 6) is 0.931. The summed E-state index contributed by atoms with van der Waals surface area (Å²) in [6.45, 7) is 2.04. The quantitative estimate of drug-likeness (QED) is 0.814. The normalized spacial score (nSPS) is 39.0. The van der Waals surface area contributed by atoms with E-state index in [0.717, 1.165) is 19.3 Å². The summed E-state index contributed by atoms with van der Waals surface area (Å²) in [4.78, 5) is 23.6. The fourth-order valence-electron chi connectivity index (χ4n) is 4.47. The number of cyclic esters (lactones) is 1.